The number of hydrogen-bond acceptors (Lipinski definition) is 2. The molecule has 0 N–H and O–H groups in total. The van der Waals surface area contributed by atoms with Crippen LogP contribution in [-0.4, -0.2) is 13.0 Å². The quantitative estimate of drug-likeness (QED) is 0.747. The zero-order chi connectivity index (χ0) is 12.4. The van der Waals surface area contributed by atoms with E-state index in [1.165, 1.54) is 11.8 Å². The van der Waals surface area contributed by atoms with Gasteiger partial charge in [-0.25, -0.2) is 0 Å². The fraction of sp³-hybridized carbons (Fsp3) is 0.143. The van der Waals surface area contributed by atoms with Crippen LogP contribution in [0.25, 0.3) is 10.8 Å². The topological polar surface area (TPSA) is 44.1 Å². The van der Waals surface area contributed by atoms with Gasteiger partial charge in [0.15, 0.2) is 0 Å². The number of nitriles is 1. The lowest BCUT2D eigenvalue weighted by atomic mass is 10.0. The second-order valence-electron chi connectivity index (χ2n) is 3.87. The van der Waals surface area contributed by atoms with Crippen LogP contribution in [0.3, 0.4) is 0 Å². The van der Waals surface area contributed by atoms with Gasteiger partial charge in [-0.05, 0) is 11.5 Å². The fourth-order valence-corrected chi connectivity index (χ4v) is 1.83. The standard InChI is InChI=1S/C14H12N2O/c1-10(17)16(2)14-8-7-11-5-3-4-6-12(11)13(14)9-15/h3-8H,1-2H3. The number of anilines is 1. The van der Waals surface area contributed by atoms with Crippen molar-refractivity contribution >= 4 is 22.4 Å². The monoisotopic (exact) mass is 224 g/mol. The number of fused-ring (bicyclic) bond motifs is 1. The van der Waals surface area contributed by atoms with Crippen LogP contribution in [0.1, 0.15) is 12.5 Å². The molecule has 3 heteroatoms. The van der Waals surface area contributed by atoms with Crippen LogP contribution in [0.4, 0.5) is 5.69 Å². The van der Waals surface area contributed by atoms with Crippen molar-refractivity contribution in [1.29, 1.82) is 5.26 Å². The number of rotatable bonds is 1. The Morgan fingerprint density at radius 1 is 1.24 bits per heavy atom. The van der Waals surface area contributed by atoms with Crippen molar-refractivity contribution < 1.29 is 4.79 Å². The molecule has 0 atom stereocenters. The summed E-state index contributed by atoms with van der Waals surface area (Å²) in [5.74, 6) is -0.0863. The van der Waals surface area contributed by atoms with E-state index in [4.69, 9.17) is 0 Å². The van der Waals surface area contributed by atoms with E-state index >= 15 is 0 Å². The minimum absolute atomic E-state index is 0.0863. The van der Waals surface area contributed by atoms with Gasteiger partial charge in [0, 0.05) is 19.4 Å². The summed E-state index contributed by atoms with van der Waals surface area (Å²) in [6.07, 6.45) is 0. The number of hydrogen-bond donors (Lipinski definition) is 0. The molecule has 0 fully saturated rings. The molecule has 1 amide bonds. The lowest BCUT2D eigenvalue weighted by Crippen LogP contribution is -2.23. The highest BCUT2D eigenvalue weighted by molar-refractivity contribution is 5.99. The van der Waals surface area contributed by atoms with Gasteiger partial charge in [-0.15, -0.1) is 0 Å². The average Bonchev–Trinajstić information content (AvgIpc) is 2.36. The molecule has 17 heavy (non-hydrogen) atoms. The van der Waals surface area contributed by atoms with Crippen molar-refractivity contribution in [2.45, 2.75) is 6.92 Å². The summed E-state index contributed by atoms with van der Waals surface area (Å²) in [4.78, 5) is 12.9. The van der Waals surface area contributed by atoms with Crippen LogP contribution in [-0.2, 0) is 4.79 Å². The fourth-order valence-electron chi connectivity index (χ4n) is 1.83. The van der Waals surface area contributed by atoms with E-state index in [2.05, 4.69) is 6.07 Å². The molecule has 2 rings (SSSR count). The molecule has 2 aromatic carbocycles. The highest BCUT2D eigenvalue weighted by atomic mass is 16.2. The highest BCUT2D eigenvalue weighted by Gasteiger charge is 2.13. The summed E-state index contributed by atoms with van der Waals surface area (Å²) in [6, 6.07) is 13.6. The number of nitrogens with zero attached hydrogens (tertiary/aromatic N) is 2. The molecular formula is C14H12N2O. The van der Waals surface area contributed by atoms with E-state index in [0.717, 1.165) is 10.8 Å². The molecule has 0 radical (unpaired) electrons. The third-order valence-electron chi connectivity index (χ3n) is 2.85. The first kappa shape index (κ1) is 11.2. The van der Waals surface area contributed by atoms with Gasteiger partial charge >= 0.3 is 0 Å². The zero-order valence-corrected chi connectivity index (χ0v) is 9.77. The van der Waals surface area contributed by atoms with Crippen LogP contribution >= 0.6 is 0 Å². The Kier molecular flexibility index (Phi) is 2.80. The summed E-state index contributed by atoms with van der Waals surface area (Å²) < 4.78 is 0. The summed E-state index contributed by atoms with van der Waals surface area (Å²) in [5.41, 5.74) is 1.19. The molecule has 0 saturated carbocycles. The van der Waals surface area contributed by atoms with Crippen molar-refractivity contribution in [1.82, 2.24) is 0 Å². The molecule has 3 nitrogen and oxygen atoms in total. The summed E-state index contributed by atoms with van der Waals surface area (Å²) in [5, 5.41) is 11.1. The molecule has 0 spiro atoms. The third-order valence-corrected chi connectivity index (χ3v) is 2.85. The van der Waals surface area contributed by atoms with Crippen LogP contribution in [0.15, 0.2) is 36.4 Å². The Morgan fingerprint density at radius 3 is 2.59 bits per heavy atom. The molecule has 2 aromatic rings. The Morgan fingerprint density at radius 2 is 1.94 bits per heavy atom. The number of amides is 1. The van der Waals surface area contributed by atoms with E-state index < -0.39 is 0 Å². The summed E-state index contributed by atoms with van der Waals surface area (Å²) in [6.45, 7) is 1.48. The van der Waals surface area contributed by atoms with Gasteiger partial charge < -0.3 is 4.90 Å². The first-order valence-corrected chi connectivity index (χ1v) is 5.31. The summed E-state index contributed by atoms with van der Waals surface area (Å²) >= 11 is 0. The van der Waals surface area contributed by atoms with Crippen LogP contribution in [0.5, 0.6) is 0 Å². The smallest absolute Gasteiger partial charge is 0.223 e. The molecule has 0 heterocycles. The first-order chi connectivity index (χ1) is 8.15. The maximum Gasteiger partial charge on any atom is 0.223 e. The van der Waals surface area contributed by atoms with Crippen molar-refractivity contribution in [2.75, 3.05) is 11.9 Å². The maximum absolute atomic E-state index is 11.4. The van der Waals surface area contributed by atoms with Gasteiger partial charge in [-0.1, -0.05) is 30.3 Å². The van der Waals surface area contributed by atoms with Gasteiger partial charge in [0.2, 0.25) is 5.91 Å². The van der Waals surface area contributed by atoms with Crippen molar-refractivity contribution in [3.8, 4) is 6.07 Å². The Labute approximate surface area is 99.9 Å². The summed E-state index contributed by atoms with van der Waals surface area (Å²) in [7, 11) is 1.67. The molecule has 0 aromatic heterocycles. The molecule has 0 aliphatic rings. The van der Waals surface area contributed by atoms with Crippen LogP contribution in [0, 0.1) is 11.3 Å². The molecule has 0 unspecified atom stereocenters. The molecule has 0 saturated heterocycles. The van der Waals surface area contributed by atoms with Gasteiger partial charge in [-0.3, -0.25) is 4.79 Å². The van der Waals surface area contributed by atoms with E-state index in [0.29, 0.717) is 11.3 Å². The molecular weight excluding hydrogens is 212 g/mol. The minimum Gasteiger partial charge on any atom is -0.314 e. The van der Waals surface area contributed by atoms with E-state index in [-0.39, 0.29) is 5.91 Å². The molecule has 0 aliphatic heterocycles. The maximum atomic E-state index is 11.4. The Bertz CT molecular complexity index is 626. The molecule has 84 valence electrons. The van der Waals surface area contributed by atoms with E-state index in [1.54, 1.807) is 7.05 Å². The van der Waals surface area contributed by atoms with Gasteiger partial charge in [0.25, 0.3) is 0 Å². The van der Waals surface area contributed by atoms with Crippen molar-refractivity contribution in [3.63, 3.8) is 0 Å². The lowest BCUT2D eigenvalue weighted by Gasteiger charge is -2.17. The number of carbonyl (C=O) groups is 1. The van der Waals surface area contributed by atoms with Crippen LogP contribution < -0.4 is 4.90 Å². The predicted molar refractivity (Wildman–Crippen MR) is 67.7 cm³/mol. The second-order valence-corrected chi connectivity index (χ2v) is 3.87. The van der Waals surface area contributed by atoms with E-state index in [1.807, 2.05) is 36.4 Å². The molecule has 0 bridgehead atoms. The Balaban J connectivity index is 2.74. The van der Waals surface area contributed by atoms with Crippen LogP contribution in [0.2, 0.25) is 0 Å². The normalized spacial score (nSPS) is 9.94. The molecule has 0 aliphatic carbocycles. The van der Waals surface area contributed by atoms with Gasteiger partial charge in [0.05, 0.1) is 11.3 Å². The van der Waals surface area contributed by atoms with Gasteiger partial charge in [0.1, 0.15) is 6.07 Å². The largest absolute Gasteiger partial charge is 0.314 e. The highest BCUT2D eigenvalue weighted by Crippen LogP contribution is 2.27. The minimum atomic E-state index is -0.0863. The SMILES string of the molecule is CC(=O)N(C)c1ccc2ccccc2c1C#N. The first-order valence-electron chi connectivity index (χ1n) is 5.31. The van der Waals surface area contributed by atoms with Crippen molar-refractivity contribution in [2.24, 2.45) is 0 Å². The third kappa shape index (κ3) is 1.85. The van der Waals surface area contributed by atoms with E-state index in [9.17, 15) is 10.1 Å². The average molecular weight is 224 g/mol. The number of benzene rings is 2. The number of carbonyl (C=O) groups excluding carboxylic acids is 1. The predicted octanol–water partition coefficient (Wildman–Crippen LogP) is 2.69. The second kappa shape index (κ2) is 4.26. The zero-order valence-electron chi connectivity index (χ0n) is 9.77. The van der Waals surface area contributed by atoms with Gasteiger partial charge in [-0.2, -0.15) is 5.26 Å². The van der Waals surface area contributed by atoms with Crippen molar-refractivity contribution in [3.05, 3.63) is 42.0 Å². The Hall–Kier alpha value is -2.34. The lowest BCUT2D eigenvalue weighted by molar-refractivity contribution is -0.116.